The lowest BCUT2D eigenvalue weighted by Gasteiger charge is -2.54. The van der Waals surface area contributed by atoms with Crippen LogP contribution >= 0.6 is 0 Å². The van der Waals surface area contributed by atoms with Gasteiger partial charge in [0.1, 0.15) is 28.2 Å². The van der Waals surface area contributed by atoms with Crippen LogP contribution in [0.1, 0.15) is 399 Å². The predicted octanol–water partition coefficient (Wildman–Crippen LogP) is 33.3. The first kappa shape index (κ1) is 116. The number of rotatable bonds is 4. The first-order valence-electron chi connectivity index (χ1n) is 46.6. The Bertz CT molecular complexity index is 4520. The molecule has 6 bridgehead atoms. The van der Waals surface area contributed by atoms with E-state index < -0.39 is 0 Å². The summed E-state index contributed by atoms with van der Waals surface area (Å²) >= 11 is 0. The summed E-state index contributed by atoms with van der Waals surface area (Å²) < 4.78 is 9.00. The Hall–Kier alpha value is -6.52. The second-order valence-corrected chi connectivity index (χ2v) is 37.9. The summed E-state index contributed by atoms with van der Waals surface area (Å²) in [4.78, 5) is 0. The van der Waals surface area contributed by atoms with Crippen molar-refractivity contribution in [2.24, 2.45) is 76.9 Å². The zero-order valence-corrected chi connectivity index (χ0v) is 85.1. The van der Waals surface area contributed by atoms with Gasteiger partial charge in [-0.1, -0.05) is 350 Å². The number of aryl methyl sites for hydroxylation is 8. The van der Waals surface area contributed by atoms with Crippen LogP contribution in [-0.4, -0.2) is 0 Å². The highest BCUT2D eigenvalue weighted by Gasteiger charge is 2.82. The van der Waals surface area contributed by atoms with Crippen LogP contribution in [0.2, 0.25) is 0 Å². The second-order valence-electron chi connectivity index (χ2n) is 37.9. The van der Waals surface area contributed by atoms with Crippen molar-refractivity contribution >= 4 is 0 Å². The molecule has 15 rings (SSSR count). The Morgan fingerprint density at radius 3 is 1.01 bits per heavy atom. The maximum atomic E-state index is 2.55. The lowest BCUT2D eigenvalue weighted by atomic mass is 9.49. The molecule has 4 aromatic carbocycles. The topological polar surface area (TPSA) is 15.5 Å². The number of hydrogen-bond acceptors (Lipinski definition) is 0. The minimum Gasteiger partial charge on any atom is -0.201 e. The monoisotopic (exact) mass is 1650 g/mol. The molecule has 0 saturated heterocycles. The molecule has 4 aromatic heterocycles. The quantitative estimate of drug-likeness (QED) is 0.156. The van der Waals surface area contributed by atoms with Gasteiger partial charge in [0.15, 0.2) is 24.8 Å². The van der Waals surface area contributed by atoms with E-state index in [4.69, 9.17) is 0 Å². The normalized spacial score (nSPS) is 23.3. The SMILES string of the molecule is C.C.C.C.CC.CC.CC.CC.CC.CC.CC.CC.CC.Cc1c(-c2cccc[n+]2C)ccc2c1C1(C)C(C)(C)C(C)(C)C2(C)C1(C)C.Cc1cc2c(cc1-c1cccc[n+]1C)C1(C)C(C)(C)C(C)(C)C2(C)C1(C)C.Cc1ccc2c(c1-c1cccc[n+]1C)C1C(C)(C)C(C)(C)C2(C)C1(C)C.Cc1ccc2c(c1-c1cccc[n+]1C)CCCC2. The van der Waals surface area contributed by atoms with E-state index in [0.29, 0.717) is 5.92 Å². The van der Waals surface area contributed by atoms with Gasteiger partial charge < -0.3 is 0 Å². The summed E-state index contributed by atoms with van der Waals surface area (Å²) in [6, 6.07) is 45.3. The molecule has 0 N–H and O–H groups in total. The largest absolute Gasteiger partial charge is 0.212 e. The van der Waals surface area contributed by atoms with Gasteiger partial charge in [-0.25, -0.2) is 18.3 Å². The predicted molar refractivity (Wildman–Crippen MR) is 540 cm³/mol. The van der Waals surface area contributed by atoms with Crippen molar-refractivity contribution in [1.82, 2.24) is 0 Å². The van der Waals surface area contributed by atoms with Crippen molar-refractivity contribution in [3.8, 4) is 45.0 Å². The molecule has 7 aliphatic carbocycles. The molecule has 0 amide bonds. The maximum Gasteiger partial charge on any atom is 0.212 e. The number of benzene rings is 4. The highest BCUT2D eigenvalue weighted by Crippen LogP contribution is 2.86. The van der Waals surface area contributed by atoms with Crippen LogP contribution in [-0.2, 0) is 68.1 Å². The number of fused-ring (bicyclic) bond motifs is 16. The molecular weight excluding hydrogens is 1450 g/mol. The van der Waals surface area contributed by atoms with Crippen molar-refractivity contribution < 1.29 is 18.3 Å². The fourth-order valence-electron chi connectivity index (χ4n) is 24.8. The fraction of sp³-hybridized carbons (Fsp3) is 0.621. The molecule has 6 unspecified atom stereocenters. The average Bonchev–Trinajstić information content (AvgIpc) is 1.43. The van der Waals surface area contributed by atoms with E-state index in [2.05, 4.69) is 380 Å². The lowest BCUT2D eigenvalue weighted by Crippen LogP contribution is -2.50. The molecule has 3 saturated carbocycles. The third-order valence-electron chi connectivity index (χ3n) is 34.0. The number of pyridine rings is 4. The lowest BCUT2D eigenvalue weighted by molar-refractivity contribution is -0.660. The first-order valence-corrected chi connectivity index (χ1v) is 46.6. The highest BCUT2D eigenvalue weighted by atomic mass is 14.9. The number of nitrogens with zero attached hydrogens (tertiary/aromatic N) is 4. The van der Waals surface area contributed by atoms with Gasteiger partial charge in [-0.15, -0.1) is 0 Å². The molecule has 6 atom stereocenters. The average molecular weight is 1650 g/mol. The minimum absolute atomic E-state index is 0. The van der Waals surface area contributed by atoms with Crippen molar-refractivity contribution in [1.29, 1.82) is 0 Å². The summed E-state index contributed by atoms with van der Waals surface area (Å²) in [5, 5.41) is 0. The standard InChI is InChI=1S/2C26H36N.C25H34N.C17H20N.9C2H6.4CH4/c1-17-18(20-13-11-12-16-27(20)10)14-15-19-21(17)26(9)23(4,5)22(2,3)25(19,8)24(26,6)7;1-17-15-19-20(16-18(17)21-13-11-12-14-27(21)10)26(9)23(4,5)22(2,3)25(19,8)24(26,6)7;1-16-13-14-17-20(19(16)18-12-10-11-15-26(18)9)21-22(2,3)24(6,7)25(17,8)23(21,4)5;1-13-10-11-14-7-3-4-8-15(14)17(13)16-9-5-6-12-18(16)2;9*1-2;;;;/h2*11-16H,1-10H3;10-15,21H,1-9H3;5-6,9-12H,3-4,7-8H2,1-2H3;9*1-2H3;4*1H4/q4*+1;;;;;;;;;;;;;. The van der Waals surface area contributed by atoms with Crippen LogP contribution in [0.3, 0.4) is 0 Å². The summed E-state index contributed by atoms with van der Waals surface area (Å²) in [6.45, 7) is 103. The van der Waals surface area contributed by atoms with Gasteiger partial charge in [0.05, 0.1) is 11.1 Å². The third-order valence-corrected chi connectivity index (χ3v) is 34.0. The third kappa shape index (κ3) is 16.1. The Labute approximate surface area is 748 Å². The zero-order valence-electron chi connectivity index (χ0n) is 85.1. The van der Waals surface area contributed by atoms with Gasteiger partial charge in [-0.3, -0.25) is 0 Å². The van der Waals surface area contributed by atoms with E-state index in [9.17, 15) is 0 Å². The van der Waals surface area contributed by atoms with Gasteiger partial charge in [0.2, 0.25) is 22.8 Å². The molecule has 4 nitrogen and oxygen atoms in total. The molecule has 3 fully saturated rings. The van der Waals surface area contributed by atoms with E-state index >= 15 is 0 Å². The van der Waals surface area contributed by atoms with Crippen molar-refractivity contribution in [2.45, 2.75) is 400 Å². The van der Waals surface area contributed by atoms with Crippen molar-refractivity contribution in [2.75, 3.05) is 0 Å². The van der Waals surface area contributed by atoms with Crippen LogP contribution in [0, 0.1) is 76.4 Å². The van der Waals surface area contributed by atoms with E-state index in [1.165, 1.54) is 93.0 Å². The van der Waals surface area contributed by atoms with Gasteiger partial charge in [-0.2, -0.15) is 0 Å². The van der Waals surface area contributed by atoms with Crippen LogP contribution in [0.5, 0.6) is 0 Å². The molecular formula is C116H196N4+4. The van der Waals surface area contributed by atoms with Gasteiger partial charge in [0, 0.05) is 86.7 Å². The summed E-state index contributed by atoms with van der Waals surface area (Å²) in [7, 11) is 8.60. The van der Waals surface area contributed by atoms with Crippen LogP contribution in [0.15, 0.2) is 146 Å². The summed E-state index contributed by atoms with van der Waals surface area (Å²) in [5.74, 6) is 0.556. The highest BCUT2D eigenvalue weighted by molar-refractivity contribution is 5.76. The molecule has 4 heterocycles. The fourth-order valence-corrected chi connectivity index (χ4v) is 24.8. The van der Waals surface area contributed by atoms with Crippen LogP contribution in [0.25, 0.3) is 45.0 Å². The molecule has 0 radical (unpaired) electrons. The Balaban J connectivity index is 0. The maximum absolute atomic E-state index is 2.55. The number of hydrogen-bond donors (Lipinski definition) is 0. The van der Waals surface area contributed by atoms with Gasteiger partial charge in [-0.05, 0) is 211 Å². The summed E-state index contributed by atoms with van der Waals surface area (Å²) in [5.41, 5.74) is 32.0. The molecule has 8 aromatic rings. The minimum atomic E-state index is 0. The van der Waals surface area contributed by atoms with Crippen molar-refractivity contribution in [3.63, 3.8) is 0 Å². The van der Waals surface area contributed by atoms with E-state index in [-0.39, 0.29) is 106 Å². The molecule has 0 aliphatic heterocycles. The van der Waals surface area contributed by atoms with E-state index in [1.54, 1.807) is 44.5 Å². The molecule has 676 valence electrons. The second kappa shape index (κ2) is 42.9. The van der Waals surface area contributed by atoms with Gasteiger partial charge in [0.25, 0.3) is 0 Å². The number of aromatic nitrogens is 4. The Morgan fingerprint density at radius 1 is 0.275 bits per heavy atom. The molecule has 7 aliphatic rings. The first-order chi connectivity index (χ1) is 54.2. The zero-order chi connectivity index (χ0) is 90.2. The van der Waals surface area contributed by atoms with Crippen LogP contribution in [0.4, 0.5) is 0 Å². The van der Waals surface area contributed by atoms with E-state index in [1.807, 2.05) is 125 Å². The summed E-state index contributed by atoms with van der Waals surface area (Å²) in [6.07, 6.45) is 13.8. The Kier molecular flexibility index (Phi) is 41.3. The molecule has 4 heteroatoms. The molecule has 120 heavy (non-hydrogen) atoms. The smallest absolute Gasteiger partial charge is 0.201 e. The van der Waals surface area contributed by atoms with Gasteiger partial charge >= 0.3 is 0 Å². The van der Waals surface area contributed by atoms with E-state index in [0.717, 1.165) is 0 Å². The van der Waals surface area contributed by atoms with Crippen LogP contribution < -0.4 is 18.3 Å². The Morgan fingerprint density at radius 2 is 0.600 bits per heavy atom. The van der Waals surface area contributed by atoms with Crippen molar-refractivity contribution in [3.05, 3.63) is 213 Å². The molecule has 0 spiro atoms.